The second-order valence-electron chi connectivity index (χ2n) is 4.37. The standard InChI is InChI=1S/C13H17N3O2/c1-16(2)8-10-6-9(4-5-12(10)17-3)11-7-15-18-13(11)14/h4-7H,8,14H2,1-3H3. The van der Waals surface area contributed by atoms with Gasteiger partial charge in [0.2, 0.25) is 5.88 Å². The second kappa shape index (κ2) is 5.10. The molecule has 0 radical (unpaired) electrons. The van der Waals surface area contributed by atoms with Gasteiger partial charge in [-0.05, 0) is 31.8 Å². The molecule has 5 nitrogen and oxygen atoms in total. The van der Waals surface area contributed by atoms with Crippen molar-refractivity contribution in [1.29, 1.82) is 0 Å². The average Bonchev–Trinajstić information content (AvgIpc) is 2.74. The molecule has 1 heterocycles. The van der Waals surface area contributed by atoms with E-state index in [2.05, 4.69) is 10.1 Å². The van der Waals surface area contributed by atoms with Crippen molar-refractivity contribution < 1.29 is 9.26 Å². The largest absolute Gasteiger partial charge is 0.496 e. The summed E-state index contributed by atoms with van der Waals surface area (Å²) in [5, 5.41) is 3.69. The molecule has 0 atom stereocenters. The van der Waals surface area contributed by atoms with Crippen LogP contribution in [0.3, 0.4) is 0 Å². The lowest BCUT2D eigenvalue weighted by atomic mass is 10.0. The van der Waals surface area contributed by atoms with Crippen LogP contribution < -0.4 is 10.5 Å². The number of rotatable bonds is 4. The maximum absolute atomic E-state index is 5.72. The Labute approximate surface area is 106 Å². The zero-order valence-electron chi connectivity index (χ0n) is 10.8. The molecule has 0 saturated heterocycles. The van der Waals surface area contributed by atoms with Crippen LogP contribution in [0.5, 0.6) is 5.75 Å². The summed E-state index contributed by atoms with van der Waals surface area (Å²) < 4.78 is 10.2. The lowest BCUT2D eigenvalue weighted by molar-refractivity contribution is 0.372. The van der Waals surface area contributed by atoms with Gasteiger partial charge < -0.3 is 19.9 Å². The van der Waals surface area contributed by atoms with Crippen molar-refractivity contribution in [1.82, 2.24) is 10.1 Å². The van der Waals surface area contributed by atoms with E-state index in [9.17, 15) is 0 Å². The SMILES string of the molecule is COc1ccc(-c2cnoc2N)cc1CN(C)C. The van der Waals surface area contributed by atoms with Crippen molar-refractivity contribution >= 4 is 5.88 Å². The van der Waals surface area contributed by atoms with Crippen LogP contribution in [0, 0.1) is 0 Å². The van der Waals surface area contributed by atoms with Gasteiger partial charge in [-0.25, -0.2) is 0 Å². The molecule has 2 aromatic rings. The van der Waals surface area contributed by atoms with Gasteiger partial charge in [0.1, 0.15) is 5.75 Å². The van der Waals surface area contributed by atoms with E-state index in [0.29, 0.717) is 5.88 Å². The number of ether oxygens (including phenoxy) is 1. The number of anilines is 1. The molecular weight excluding hydrogens is 230 g/mol. The third kappa shape index (κ3) is 2.46. The van der Waals surface area contributed by atoms with Gasteiger partial charge in [-0.3, -0.25) is 0 Å². The van der Waals surface area contributed by atoms with E-state index in [-0.39, 0.29) is 0 Å². The highest BCUT2D eigenvalue weighted by Crippen LogP contribution is 2.30. The maximum Gasteiger partial charge on any atom is 0.229 e. The fourth-order valence-corrected chi connectivity index (χ4v) is 1.88. The van der Waals surface area contributed by atoms with Crippen molar-refractivity contribution in [2.75, 3.05) is 26.9 Å². The first-order chi connectivity index (χ1) is 8.61. The fraction of sp³-hybridized carbons (Fsp3) is 0.308. The van der Waals surface area contributed by atoms with E-state index in [1.54, 1.807) is 13.3 Å². The van der Waals surface area contributed by atoms with Gasteiger partial charge in [0, 0.05) is 12.1 Å². The van der Waals surface area contributed by atoms with Gasteiger partial charge in [0.15, 0.2) is 0 Å². The Bertz CT molecular complexity index is 535. The van der Waals surface area contributed by atoms with Crippen LogP contribution in [0.15, 0.2) is 28.9 Å². The van der Waals surface area contributed by atoms with Gasteiger partial charge in [-0.2, -0.15) is 0 Å². The van der Waals surface area contributed by atoms with Gasteiger partial charge in [-0.1, -0.05) is 11.2 Å². The van der Waals surface area contributed by atoms with Gasteiger partial charge in [-0.15, -0.1) is 0 Å². The molecule has 0 fully saturated rings. The van der Waals surface area contributed by atoms with Crippen LogP contribution in [0.4, 0.5) is 5.88 Å². The van der Waals surface area contributed by atoms with Crippen LogP contribution in [-0.4, -0.2) is 31.3 Å². The quantitative estimate of drug-likeness (QED) is 0.895. The molecule has 96 valence electrons. The van der Waals surface area contributed by atoms with E-state index in [1.807, 2.05) is 32.3 Å². The molecule has 0 aliphatic heterocycles. The molecule has 0 unspecified atom stereocenters. The van der Waals surface area contributed by atoms with E-state index >= 15 is 0 Å². The predicted octanol–water partition coefficient (Wildman–Crippen LogP) is 1.99. The fourth-order valence-electron chi connectivity index (χ4n) is 1.88. The summed E-state index contributed by atoms with van der Waals surface area (Å²) in [6.07, 6.45) is 1.62. The maximum atomic E-state index is 5.72. The Kier molecular flexibility index (Phi) is 3.53. The minimum atomic E-state index is 0.330. The van der Waals surface area contributed by atoms with Crippen molar-refractivity contribution in [2.24, 2.45) is 0 Å². The van der Waals surface area contributed by atoms with Crippen molar-refractivity contribution in [2.45, 2.75) is 6.54 Å². The molecule has 1 aromatic carbocycles. The molecule has 0 bridgehead atoms. The minimum absolute atomic E-state index is 0.330. The highest BCUT2D eigenvalue weighted by atomic mass is 16.5. The molecule has 0 aliphatic carbocycles. The van der Waals surface area contributed by atoms with Crippen LogP contribution in [-0.2, 0) is 6.54 Å². The Morgan fingerprint density at radius 2 is 2.17 bits per heavy atom. The number of hydrogen-bond donors (Lipinski definition) is 1. The van der Waals surface area contributed by atoms with Gasteiger partial charge in [0.05, 0.1) is 18.9 Å². The van der Waals surface area contributed by atoms with Gasteiger partial charge in [0.25, 0.3) is 0 Å². The molecule has 1 aromatic heterocycles. The van der Waals surface area contributed by atoms with Gasteiger partial charge >= 0.3 is 0 Å². The minimum Gasteiger partial charge on any atom is -0.496 e. The highest BCUT2D eigenvalue weighted by molar-refractivity contribution is 5.73. The smallest absolute Gasteiger partial charge is 0.229 e. The summed E-state index contributed by atoms with van der Waals surface area (Å²) in [5.74, 6) is 1.19. The molecule has 18 heavy (non-hydrogen) atoms. The van der Waals surface area contributed by atoms with Crippen LogP contribution in [0.2, 0.25) is 0 Å². The first-order valence-electron chi connectivity index (χ1n) is 5.64. The normalized spacial score (nSPS) is 10.9. The highest BCUT2D eigenvalue weighted by Gasteiger charge is 2.11. The zero-order valence-corrected chi connectivity index (χ0v) is 10.8. The number of nitrogens with two attached hydrogens (primary N) is 1. The topological polar surface area (TPSA) is 64.5 Å². The summed E-state index contributed by atoms with van der Waals surface area (Å²) >= 11 is 0. The number of nitrogens with zero attached hydrogens (tertiary/aromatic N) is 2. The predicted molar refractivity (Wildman–Crippen MR) is 70.3 cm³/mol. The lowest BCUT2D eigenvalue weighted by Gasteiger charge is -2.14. The lowest BCUT2D eigenvalue weighted by Crippen LogP contribution is -2.11. The summed E-state index contributed by atoms with van der Waals surface area (Å²) in [5.41, 5.74) is 8.60. The Balaban J connectivity index is 2.42. The summed E-state index contributed by atoms with van der Waals surface area (Å²) in [7, 11) is 5.70. The molecule has 0 amide bonds. The molecule has 0 saturated carbocycles. The summed E-state index contributed by atoms with van der Waals surface area (Å²) in [4.78, 5) is 2.08. The number of benzene rings is 1. The van der Waals surface area contributed by atoms with Crippen LogP contribution >= 0.6 is 0 Å². The number of aromatic nitrogens is 1. The zero-order chi connectivity index (χ0) is 13.1. The number of hydrogen-bond acceptors (Lipinski definition) is 5. The second-order valence-corrected chi connectivity index (χ2v) is 4.37. The monoisotopic (exact) mass is 247 g/mol. The molecule has 0 spiro atoms. The molecule has 5 heteroatoms. The number of methoxy groups -OCH3 is 1. The Hall–Kier alpha value is -2.01. The molecule has 0 aliphatic rings. The molecule has 2 rings (SSSR count). The van der Waals surface area contributed by atoms with E-state index in [0.717, 1.165) is 29.0 Å². The Morgan fingerprint density at radius 3 is 2.72 bits per heavy atom. The summed E-state index contributed by atoms with van der Waals surface area (Å²) in [6, 6.07) is 5.92. The third-order valence-electron chi connectivity index (χ3n) is 2.68. The third-order valence-corrected chi connectivity index (χ3v) is 2.68. The average molecular weight is 247 g/mol. The summed E-state index contributed by atoms with van der Waals surface area (Å²) in [6.45, 7) is 0.794. The molecule has 2 N–H and O–H groups in total. The first kappa shape index (κ1) is 12.4. The molecular formula is C13H17N3O2. The van der Waals surface area contributed by atoms with E-state index in [4.69, 9.17) is 15.0 Å². The first-order valence-corrected chi connectivity index (χ1v) is 5.64. The van der Waals surface area contributed by atoms with E-state index < -0.39 is 0 Å². The Morgan fingerprint density at radius 1 is 1.39 bits per heavy atom. The van der Waals surface area contributed by atoms with Crippen molar-refractivity contribution in [3.8, 4) is 16.9 Å². The van der Waals surface area contributed by atoms with Crippen LogP contribution in [0.25, 0.3) is 11.1 Å². The van der Waals surface area contributed by atoms with Crippen molar-refractivity contribution in [3.05, 3.63) is 30.0 Å². The van der Waals surface area contributed by atoms with E-state index in [1.165, 1.54) is 0 Å². The van der Waals surface area contributed by atoms with Crippen molar-refractivity contribution in [3.63, 3.8) is 0 Å². The number of nitrogen functional groups attached to an aromatic ring is 1. The van der Waals surface area contributed by atoms with Crippen LogP contribution in [0.1, 0.15) is 5.56 Å².